The van der Waals surface area contributed by atoms with E-state index in [0.29, 0.717) is 0 Å². The van der Waals surface area contributed by atoms with Gasteiger partial charge in [-0.25, -0.2) is 17.5 Å². The fraction of sp³-hybridized carbons (Fsp3) is 0.300. The van der Waals surface area contributed by atoms with E-state index < -0.39 is 21.1 Å². The molecule has 0 saturated heterocycles. The Balaban J connectivity index is 2.75. The lowest BCUT2D eigenvalue weighted by Gasteiger charge is -2.12. The molecule has 0 fully saturated rings. The zero-order chi connectivity index (χ0) is 13.1. The predicted octanol–water partition coefficient (Wildman–Crippen LogP) is 0.920. The minimum atomic E-state index is -3.66. The van der Waals surface area contributed by atoms with Crippen LogP contribution in [0.3, 0.4) is 0 Å². The lowest BCUT2D eigenvalue weighted by Crippen LogP contribution is -2.39. The third-order valence-corrected chi connectivity index (χ3v) is 4.52. The summed E-state index contributed by atoms with van der Waals surface area (Å²) in [6.07, 6.45) is 0. The fourth-order valence-electron chi connectivity index (χ4n) is 1.10. The molecule has 1 aromatic carbocycles. The first-order chi connectivity index (χ1) is 7.84. The van der Waals surface area contributed by atoms with Crippen molar-refractivity contribution in [2.45, 2.75) is 18.7 Å². The summed E-state index contributed by atoms with van der Waals surface area (Å²) < 4.78 is 38.8. The van der Waals surface area contributed by atoms with Crippen molar-refractivity contribution in [2.75, 3.05) is 0 Å². The molecule has 1 rings (SSSR count). The first-order valence-corrected chi connectivity index (χ1v) is 6.81. The lowest BCUT2D eigenvalue weighted by molar-refractivity contribution is 0.571. The third kappa shape index (κ3) is 3.72. The van der Waals surface area contributed by atoms with Gasteiger partial charge in [0.25, 0.3) is 0 Å². The van der Waals surface area contributed by atoms with Gasteiger partial charge in [-0.3, -0.25) is 0 Å². The Morgan fingerprint density at radius 1 is 1.53 bits per heavy atom. The Kier molecular flexibility index (Phi) is 4.55. The minimum absolute atomic E-state index is 0.119. The van der Waals surface area contributed by atoms with Crippen LogP contribution in [0.4, 0.5) is 4.39 Å². The van der Waals surface area contributed by atoms with Gasteiger partial charge < -0.3 is 5.73 Å². The molecule has 0 spiro atoms. The second kappa shape index (κ2) is 5.52. The van der Waals surface area contributed by atoms with E-state index in [1.165, 1.54) is 25.1 Å². The van der Waals surface area contributed by atoms with E-state index in [0.717, 1.165) is 0 Å². The molecule has 0 aliphatic carbocycles. The van der Waals surface area contributed by atoms with Gasteiger partial charge in [-0.2, -0.15) is 0 Å². The second-order valence-electron chi connectivity index (χ2n) is 3.50. The fourth-order valence-corrected chi connectivity index (χ4v) is 2.39. The lowest BCUT2D eigenvalue weighted by atomic mass is 10.2. The zero-order valence-corrected chi connectivity index (χ0v) is 10.8. The van der Waals surface area contributed by atoms with E-state index in [1.54, 1.807) is 6.07 Å². The summed E-state index contributed by atoms with van der Waals surface area (Å²) in [5.74, 6) is -0.460. The van der Waals surface area contributed by atoms with Gasteiger partial charge in [0.1, 0.15) is 11.1 Å². The Hall–Kier alpha value is -1.05. The number of halogens is 1. The van der Waals surface area contributed by atoms with E-state index in [4.69, 9.17) is 5.73 Å². The van der Waals surface area contributed by atoms with Crippen LogP contribution in [0.5, 0.6) is 0 Å². The summed E-state index contributed by atoms with van der Waals surface area (Å²) in [6.45, 7) is 1.26. The smallest absolute Gasteiger partial charge is 0.221 e. The molecule has 1 atom stereocenters. The highest BCUT2D eigenvalue weighted by molar-refractivity contribution is 7.93. The molecule has 1 unspecified atom stereocenters. The SMILES string of the molecule is CC(C(N)=S)S(=O)(=O)NCc1ccccc1F. The van der Waals surface area contributed by atoms with Gasteiger partial charge in [-0.05, 0) is 13.0 Å². The molecule has 7 heteroatoms. The van der Waals surface area contributed by atoms with Crippen molar-refractivity contribution in [3.05, 3.63) is 35.6 Å². The predicted molar refractivity (Wildman–Crippen MR) is 68.4 cm³/mol. The number of benzene rings is 1. The van der Waals surface area contributed by atoms with E-state index >= 15 is 0 Å². The van der Waals surface area contributed by atoms with Crippen molar-refractivity contribution in [1.82, 2.24) is 4.72 Å². The Labute approximate surface area is 105 Å². The first kappa shape index (κ1) is 14.0. The maximum atomic E-state index is 13.2. The van der Waals surface area contributed by atoms with Crippen molar-refractivity contribution < 1.29 is 12.8 Å². The van der Waals surface area contributed by atoms with Gasteiger partial charge in [0.2, 0.25) is 10.0 Å². The number of hydrogen-bond donors (Lipinski definition) is 2. The minimum Gasteiger partial charge on any atom is -0.392 e. The Morgan fingerprint density at radius 2 is 2.12 bits per heavy atom. The van der Waals surface area contributed by atoms with Crippen LogP contribution in [0, 0.1) is 5.82 Å². The van der Waals surface area contributed by atoms with Crippen LogP contribution in [0.15, 0.2) is 24.3 Å². The van der Waals surface area contributed by atoms with Crippen LogP contribution >= 0.6 is 12.2 Å². The van der Waals surface area contributed by atoms with Crippen molar-refractivity contribution in [3.8, 4) is 0 Å². The molecule has 0 radical (unpaired) electrons. The van der Waals surface area contributed by atoms with E-state index in [2.05, 4.69) is 16.9 Å². The largest absolute Gasteiger partial charge is 0.392 e. The second-order valence-corrected chi connectivity index (χ2v) is 6.06. The van der Waals surface area contributed by atoms with Gasteiger partial charge >= 0.3 is 0 Å². The average molecular weight is 276 g/mol. The summed E-state index contributed by atoms with van der Waals surface area (Å²) in [5, 5.41) is -0.982. The summed E-state index contributed by atoms with van der Waals surface area (Å²) >= 11 is 4.61. The molecular weight excluding hydrogens is 263 g/mol. The molecular formula is C10H13FN2O2S2. The van der Waals surface area contributed by atoms with Crippen LogP contribution < -0.4 is 10.5 Å². The van der Waals surface area contributed by atoms with Crippen LogP contribution in [0.2, 0.25) is 0 Å². The molecule has 0 saturated carbocycles. The molecule has 0 heterocycles. The van der Waals surface area contributed by atoms with E-state index in [9.17, 15) is 12.8 Å². The maximum absolute atomic E-state index is 13.2. The number of hydrogen-bond acceptors (Lipinski definition) is 3. The molecule has 0 aliphatic heterocycles. The third-order valence-electron chi connectivity index (χ3n) is 2.29. The van der Waals surface area contributed by atoms with Crippen molar-refractivity contribution >= 4 is 27.2 Å². The normalized spacial score (nSPS) is 13.3. The topological polar surface area (TPSA) is 72.2 Å². The molecule has 0 amide bonds. The van der Waals surface area contributed by atoms with Gasteiger partial charge in [0.05, 0.1) is 4.99 Å². The monoisotopic (exact) mass is 276 g/mol. The van der Waals surface area contributed by atoms with Crippen molar-refractivity contribution in [1.29, 1.82) is 0 Å². The summed E-state index contributed by atoms with van der Waals surface area (Å²) in [5.41, 5.74) is 5.53. The standard InChI is InChI=1S/C10H13FN2O2S2/c1-7(10(12)16)17(14,15)13-6-8-4-2-3-5-9(8)11/h2-5,7,13H,6H2,1H3,(H2,12,16). The van der Waals surface area contributed by atoms with Crippen LogP contribution in [-0.2, 0) is 16.6 Å². The van der Waals surface area contributed by atoms with Crippen molar-refractivity contribution in [3.63, 3.8) is 0 Å². The summed E-state index contributed by atoms with van der Waals surface area (Å²) in [4.78, 5) is -0.119. The van der Waals surface area contributed by atoms with Gasteiger partial charge in [-0.1, -0.05) is 30.4 Å². The van der Waals surface area contributed by atoms with Crippen molar-refractivity contribution in [2.24, 2.45) is 5.73 Å². The molecule has 0 aromatic heterocycles. The molecule has 1 aromatic rings. The van der Waals surface area contributed by atoms with Crippen LogP contribution in [0.25, 0.3) is 0 Å². The number of nitrogens with one attached hydrogen (secondary N) is 1. The zero-order valence-electron chi connectivity index (χ0n) is 9.18. The highest BCUT2D eigenvalue weighted by Crippen LogP contribution is 2.07. The molecule has 0 bridgehead atoms. The highest BCUT2D eigenvalue weighted by atomic mass is 32.2. The Morgan fingerprint density at radius 3 is 2.65 bits per heavy atom. The molecule has 0 aliphatic rings. The van der Waals surface area contributed by atoms with E-state index in [-0.39, 0.29) is 17.1 Å². The van der Waals surface area contributed by atoms with Crippen LogP contribution in [0.1, 0.15) is 12.5 Å². The Bertz CT molecular complexity index is 517. The molecule has 3 N–H and O–H groups in total. The molecule has 17 heavy (non-hydrogen) atoms. The molecule has 94 valence electrons. The van der Waals surface area contributed by atoms with Gasteiger partial charge in [0.15, 0.2) is 0 Å². The quantitative estimate of drug-likeness (QED) is 0.784. The highest BCUT2D eigenvalue weighted by Gasteiger charge is 2.22. The number of nitrogens with two attached hydrogens (primary N) is 1. The summed E-state index contributed by atoms with van der Waals surface area (Å²) in [7, 11) is -3.66. The van der Waals surface area contributed by atoms with E-state index in [1.807, 2.05) is 0 Å². The maximum Gasteiger partial charge on any atom is 0.221 e. The number of rotatable bonds is 5. The van der Waals surface area contributed by atoms with Gasteiger partial charge in [0, 0.05) is 12.1 Å². The van der Waals surface area contributed by atoms with Crippen LogP contribution in [-0.4, -0.2) is 18.7 Å². The number of thiocarbonyl (C=S) groups is 1. The van der Waals surface area contributed by atoms with Gasteiger partial charge in [-0.15, -0.1) is 0 Å². The summed E-state index contributed by atoms with van der Waals surface area (Å²) in [6, 6.07) is 5.93. The average Bonchev–Trinajstić information content (AvgIpc) is 2.27. The first-order valence-electron chi connectivity index (χ1n) is 4.86. The number of sulfonamides is 1. The molecule has 4 nitrogen and oxygen atoms in total.